The van der Waals surface area contributed by atoms with Crippen LogP contribution in [-0.2, 0) is 18.3 Å². The molecule has 0 aliphatic carbocycles. The molecule has 0 aliphatic rings. The third-order valence-electron chi connectivity index (χ3n) is 3.97. The summed E-state index contributed by atoms with van der Waals surface area (Å²) in [4.78, 5) is 16.0. The first-order valence-corrected chi connectivity index (χ1v) is 7.59. The first-order valence-electron chi connectivity index (χ1n) is 7.59. The minimum absolute atomic E-state index is 0.303. The first-order chi connectivity index (χ1) is 11.5. The van der Waals surface area contributed by atoms with Gasteiger partial charge in [0.1, 0.15) is 5.82 Å². The predicted octanol–water partition coefficient (Wildman–Crippen LogP) is 1.86. The lowest BCUT2D eigenvalue weighted by atomic mass is 9.98. The molecule has 0 aliphatic heterocycles. The number of carbonyl (C=O) groups is 1. The Kier molecular flexibility index (Phi) is 4.41. The van der Waals surface area contributed by atoms with Crippen LogP contribution in [0, 0.1) is 11.7 Å². The Morgan fingerprint density at radius 1 is 1.33 bits per heavy atom. The zero-order valence-corrected chi connectivity index (χ0v) is 13.2. The number of hydrogen-bond acceptors (Lipinski definition) is 4. The molecule has 0 bridgehead atoms. The van der Waals surface area contributed by atoms with Crippen molar-refractivity contribution in [3.8, 4) is 0 Å². The Balaban J connectivity index is 1.74. The van der Waals surface area contributed by atoms with E-state index in [2.05, 4.69) is 15.4 Å². The van der Waals surface area contributed by atoms with Gasteiger partial charge in [-0.2, -0.15) is 5.10 Å². The number of rotatable bonds is 6. The Morgan fingerprint density at radius 3 is 2.79 bits per heavy atom. The van der Waals surface area contributed by atoms with Gasteiger partial charge in [-0.25, -0.2) is 9.37 Å². The maximum atomic E-state index is 13.0. The minimum Gasteiger partial charge on any atom is -0.384 e. The molecule has 24 heavy (non-hydrogen) atoms. The van der Waals surface area contributed by atoms with Crippen molar-refractivity contribution in [2.45, 2.75) is 6.42 Å². The number of hydrogen-bond donors (Lipinski definition) is 2. The average molecular weight is 327 g/mol. The molecule has 2 aromatic heterocycles. The van der Waals surface area contributed by atoms with Crippen LogP contribution in [0.25, 0.3) is 11.0 Å². The fraction of sp³-hybridized carbons (Fsp3) is 0.235. The Morgan fingerprint density at radius 2 is 2.08 bits per heavy atom. The fourth-order valence-electron chi connectivity index (χ4n) is 2.61. The summed E-state index contributed by atoms with van der Waals surface area (Å²) < 4.78 is 14.7. The molecule has 0 spiro atoms. The van der Waals surface area contributed by atoms with E-state index in [0.717, 1.165) is 22.3 Å². The molecule has 3 aromatic rings. The molecule has 1 amide bonds. The number of halogens is 1. The van der Waals surface area contributed by atoms with Crippen LogP contribution in [0.2, 0.25) is 0 Å². The van der Waals surface area contributed by atoms with E-state index in [1.165, 1.54) is 12.1 Å². The molecule has 7 heteroatoms. The second-order valence-electron chi connectivity index (χ2n) is 5.67. The van der Waals surface area contributed by atoms with Crippen LogP contribution >= 0.6 is 0 Å². The molecule has 0 radical (unpaired) electrons. The summed E-state index contributed by atoms with van der Waals surface area (Å²) in [7, 11) is 1.82. The highest BCUT2D eigenvalue weighted by molar-refractivity contribution is 5.88. The van der Waals surface area contributed by atoms with E-state index in [1.807, 2.05) is 13.1 Å². The van der Waals surface area contributed by atoms with Gasteiger partial charge in [0.15, 0.2) is 5.65 Å². The molecule has 124 valence electrons. The summed E-state index contributed by atoms with van der Waals surface area (Å²) in [5.41, 5.74) is 7.98. The highest BCUT2D eigenvalue weighted by Crippen LogP contribution is 2.21. The number of primary amides is 1. The van der Waals surface area contributed by atoms with Crippen molar-refractivity contribution in [3.63, 3.8) is 0 Å². The largest absolute Gasteiger partial charge is 0.384 e. The summed E-state index contributed by atoms with van der Waals surface area (Å²) in [5, 5.41) is 8.31. The number of carbonyl (C=O) groups excluding carboxylic acids is 1. The van der Waals surface area contributed by atoms with Crippen LogP contribution in [0.5, 0.6) is 0 Å². The number of nitrogens with zero attached hydrogens (tertiary/aromatic N) is 3. The quantitative estimate of drug-likeness (QED) is 0.723. The number of aryl methyl sites for hydroxylation is 1. The molecule has 3 rings (SSSR count). The van der Waals surface area contributed by atoms with Gasteiger partial charge in [0.05, 0.1) is 17.5 Å². The average Bonchev–Trinajstić information content (AvgIpc) is 2.95. The van der Waals surface area contributed by atoms with Crippen LogP contribution in [0.3, 0.4) is 0 Å². The zero-order valence-electron chi connectivity index (χ0n) is 13.2. The lowest BCUT2D eigenvalue weighted by Gasteiger charge is -2.15. The molecule has 0 saturated heterocycles. The summed E-state index contributed by atoms with van der Waals surface area (Å²) in [5.74, 6) is -1.11. The highest BCUT2D eigenvalue weighted by atomic mass is 19.1. The van der Waals surface area contributed by atoms with E-state index in [1.54, 1.807) is 29.2 Å². The lowest BCUT2D eigenvalue weighted by molar-refractivity contribution is -0.121. The second kappa shape index (κ2) is 6.66. The van der Waals surface area contributed by atoms with Gasteiger partial charge in [0, 0.05) is 25.5 Å². The lowest BCUT2D eigenvalue weighted by Crippen LogP contribution is -2.31. The molecule has 3 N–H and O–H groups in total. The van der Waals surface area contributed by atoms with Gasteiger partial charge in [-0.1, -0.05) is 12.1 Å². The van der Waals surface area contributed by atoms with Crippen LogP contribution in [0.4, 0.5) is 10.1 Å². The smallest absolute Gasteiger partial charge is 0.222 e. The SMILES string of the molecule is Cn1ncc2c(NCC(Cc3ccc(F)cc3)C(N)=O)ccnc21. The van der Waals surface area contributed by atoms with E-state index >= 15 is 0 Å². The van der Waals surface area contributed by atoms with Gasteiger partial charge >= 0.3 is 0 Å². The maximum Gasteiger partial charge on any atom is 0.222 e. The predicted molar refractivity (Wildman–Crippen MR) is 89.8 cm³/mol. The van der Waals surface area contributed by atoms with Gasteiger partial charge in [0.25, 0.3) is 0 Å². The topological polar surface area (TPSA) is 85.8 Å². The molecule has 1 aromatic carbocycles. The maximum absolute atomic E-state index is 13.0. The third-order valence-corrected chi connectivity index (χ3v) is 3.97. The number of anilines is 1. The first kappa shape index (κ1) is 15.9. The molecular weight excluding hydrogens is 309 g/mol. The molecule has 0 saturated carbocycles. The zero-order chi connectivity index (χ0) is 17.1. The number of pyridine rings is 1. The number of amides is 1. The monoisotopic (exact) mass is 327 g/mol. The Hall–Kier alpha value is -2.96. The van der Waals surface area contributed by atoms with Crippen molar-refractivity contribution in [2.75, 3.05) is 11.9 Å². The van der Waals surface area contributed by atoms with Gasteiger partial charge in [-0.15, -0.1) is 0 Å². The van der Waals surface area contributed by atoms with Crippen molar-refractivity contribution >= 4 is 22.6 Å². The molecule has 0 fully saturated rings. The second-order valence-corrected chi connectivity index (χ2v) is 5.67. The van der Waals surface area contributed by atoms with E-state index < -0.39 is 11.8 Å². The molecule has 2 heterocycles. The van der Waals surface area contributed by atoms with Crippen molar-refractivity contribution in [1.82, 2.24) is 14.8 Å². The van der Waals surface area contributed by atoms with E-state index in [0.29, 0.717) is 13.0 Å². The van der Waals surface area contributed by atoms with Crippen molar-refractivity contribution in [1.29, 1.82) is 0 Å². The summed E-state index contributed by atoms with van der Waals surface area (Å²) in [6.45, 7) is 0.376. The Labute approximate surface area is 138 Å². The minimum atomic E-state index is -0.407. The fourth-order valence-corrected chi connectivity index (χ4v) is 2.61. The van der Waals surface area contributed by atoms with E-state index in [4.69, 9.17) is 5.73 Å². The standard InChI is InChI=1S/C17H18FN5O/c1-23-17-14(10-22-23)15(6-7-20-17)21-9-12(16(19)24)8-11-2-4-13(18)5-3-11/h2-7,10,12H,8-9H2,1H3,(H2,19,24)(H,20,21). The summed E-state index contributed by atoms with van der Waals surface area (Å²) >= 11 is 0. The number of nitrogens with two attached hydrogens (primary N) is 1. The number of benzene rings is 1. The van der Waals surface area contributed by atoms with Crippen molar-refractivity contribution in [3.05, 3.63) is 54.1 Å². The van der Waals surface area contributed by atoms with E-state index in [-0.39, 0.29) is 5.82 Å². The Bertz CT molecular complexity index is 859. The van der Waals surface area contributed by atoms with Crippen molar-refractivity contribution < 1.29 is 9.18 Å². The number of nitrogens with one attached hydrogen (secondary N) is 1. The summed E-state index contributed by atoms with van der Waals surface area (Å²) in [6.07, 6.45) is 3.86. The number of aromatic nitrogens is 3. The van der Waals surface area contributed by atoms with Gasteiger partial charge in [-0.05, 0) is 30.2 Å². The highest BCUT2D eigenvalue weighted by Gasteiger charge is 2.17. The molecule has 6 nitrogen and oxygen atoms in total. The summed E-state index contributed by atoms with van der Waals surface area (Å²) in [6, 6.07) is 7.92. The van der Waals surface area contributed by atoms with Crippen LogP contribution in [0.15, 0.2) is 42.7 Å². The van der Waals surface area contributed by atoms with Gasteiger partial charge < -0.3 is 11.1 Å². The van der Waals surface area contributed by atoms with Gasteiger partial charge in [0.2, 0.25) is 5.91 Å². The normalized spacial score (nSPS) is 12.2. The molecular formula is C17H18FN5O. The van der Waals surface area contributed by atoms with Crippen LogP contribution < -0.4 is 11.1 Å². The van der Waals surface area contributed by atoms with Crippen LogP contribution in [0.1, 0.15) is 5.56 Å². The van der Waals surface area contributed by atoms with E-state index in [9.17, 15) is 9.18 Å². The molecule has 1 unspecified atom stereocenters. The van der Waals surface area contributed by atoms with Crippen LogP contribution in [-0.4, -0.2) is 27.2 Å². The van der Waals surface area contributed by atoms with Gasteiger partial charge in [-0.3, -0.25) is 9.48 Å². The number of fused-ring (bicyclic) bond motifs is 1. The molecule has 1 atom stereocenters. The van der Waals surface area contributed by atoms with Crippen molar-refractivity contribution in [2.24, 2.45) is 18.7 Å². The third kappa shape index (κ3) is 3.34.